The molecule has 0 aliphatic carbocycles. The molecule has 1 aliphatic rings. The summed E-state index contributed by atoms with van der Waals surface area (Å²) in [6.07, 6.45) is 1.67. The van der Waals surface area contributed by atoms with Gasteiger partial charge >= 0.3 is 17.9 Å². The van der Waals surface area contributed by atoms with Crippen molar-refractivity contribution in [3.63, 3.8) is 0 Å². The number of esters is 3. The molecule has 0 fully saturated rings. The molecule has 0 bridgehead atoms. The maximum atomic E-state index is 12.0. The second-order valence-electron chi connectivity index (χ2n) is 4.01. The zero-order valence-electron chi connectivity index (χ0n) is 11.4. The van der Waals surface area contributed by atoms with Crippen molar-refractivity contribution in [2.24, 2.45) is 5.41 Å². The molecular weight excluding hydrogens is 252 g/mol. The second-order valence-corrected chi connectivity index (χ2v) is 4.01. The number of rotatable bonds is 5. The number of hydrogen-bond donors (Lipinski definition) is 0. The fraction of sp³-hybridized carbons (Fsp3) is 0.615. The molecule has 0 amide bonds. The molecule has 0 unspecified atom stereocenters. The fourth-order valence-corrected chi connectivity index (χ4v) is 1.76. The largest absolute Gasteiger partial charge is 0.465 e. The molecule has 0 aromatic heterocycles. The van der Waals surface area contributed by atoms with Crippen LogP contribution in [0.3, 0.4) is 0 Å². The molecule has 0 aromatic rings. The molecule has 0 spiro atoms. The molecule has 0 saturated carbocycles. The lowest BCUT2D eigenvalue weighted by Gasteiger charge is -2.29. The predicted molar refractivity (Wildman–Crippen MR) is 65.0 cm³/mol. The van der Waals surface area contributed by atoms with Crippen molar-refractivity contribution in [1.82, 2.24) is 0 Å². The highest BCUT2D eigenvalue weighted by Gasteiger charge is 2.51. The van der Waals surface area contributed by atoms with Gasteiger partial charge in [0.15, 0.2) is 0 Å². The molecule has 19 heavy (non-hydrogen) atoms. The summed E-state index contributed by atoms with van der Waals surface area (Å²) in [4.78, 5) is 35.6. The van der Waals surface area contributed by atoms with Gasteiger partial charge in [0.05, 0.1) is 13.2 Å². The molecule has 6 heteroatoms. The minimum atomic E-state index is -1.68. The van der Waals surface area contributed by atoms with Crippen LogP contribution in [0.1, 0.15) is 27.2 Å². The number of carbonyl (C=O) groups excluding carboxylic acids is 3. The standard InChI is InChI=1S/C13H18O6/c1-4-9-7-13(8-19-10(9)14,11(15)17-5-2)12(16)18-6-3/h7H,4-6,8H2,1-3H3. The number of ether oxygens (including phenoxy) is 3. The molecule has 6 nitrogen and oxygen atoms in total. The fourth-order valence-electron chi connectivity index (χ4n) is 1.76. The molecule has 1 aliphatic heterocycles. The van der Waals surface area contributed by atoms with Crippen molar-refractivity contribution in [3.8, 4) is 0 Å². The monoisotopic (exact) mass is 270 g/mol. The van der Waals surface area contributed by atoms with E-state index in [2.05, 4.69) is 0 Å². The van der Waals surface area contributed by atoms with Crippen LogP contribution in [-0.4, -0.2) is 37.7 Å². The Labute approximate surface area is 111 Å². The van der Waals surface area contributed by atoms with Gasteiger partial charge < -0.3 is 14.2 Å². The van der Waals surface area contributed by atoms with Gasteiger partial charge in [0, 0.05) is 5.57 Å². The Morgan fingerprint density at radius 2 is 1.74 bits per heavy atom. The third-order valence-corrected chi connectivity index (χ3v) is 2.77. The van der Waals surface area contributed by atoms with Crippen LogP contribution in [0.25, 0.3) is 0 Å². The summed E-state index contributed by atoms with van der Waals surface area (Å²) in [5.74, 6) is -2.04. The van der Waals surface area contributed by atoms with E-state index in [0.717, 1.165) is 0 Å². The Morgan fingerprint density at radius 1 is 1.21 bits per heavy atom. The van der Waals surface area contributed by atoms with Gasteiger partial charge in [-0.1, -0.05) is 6.92 Å². The molecule has 0 radical (unpaired) electrons. The SMILES string of the molecule is CCOC(=O)C1(C(=O)OCC)C=C(CC)C(=O)OC1. The summed E-state index contributed by atoms with van der Waals surface area (Å²) >= 11 is 0. The van der Waals surface area contributed by atoms with Crippen LogP contribution in [-0.2, 0) is 28.6 Å². The minimum absolute atomic E-state index is 0.128. The van der Waals surface area contributed by atoms with E-state index in [0.29, 0.717) is 6.42 Å². The number of cyclic esters (lactones) is 1. The average molecular weight is 270 g/mol. The van der Waals surface area contributed by atoms with E-state index in [-0.39, 0.29) is 25.4 Å². The van der Waals surface area contributed by atoms with E-state index in [4.69, 9.17) is 14.2 Å². The van der Waals surface area contributed by atoms with Crippen LogP contribution in [0.5, 0.6) is 0 Å². The van der Waals surface area contributed by atoms with E-state index in [1.54, 1.807) is 20.8 Å². The van der Waals surface area contributed by atoms with E-state index in [9.17, 15) is 14.4 Å². The highest BCUT2D eigenvalue weighted by molar-refractivity contribution is 6.05. The van der Waals surface area contributed by atoms with Gasteiger partial charge in [-0.25, -0.2) is 4.79 Å². The van der Waals surface area contributed by atoms with Crippen LogP contribution >= 0.6 is 0 Å². The topological polar surface area (TPSA) is 78.9 Å². The lowest BCUT2D eigenvalue weighted by Crippen LogP contribution is -2.47. The van der Waals surface area contributed by atoms with Gasteiger partial charge in [0.25, 0.3) is 0 Å². The van der Waals surface area contributed by atoms with Crippen molar-refractivity contribution in [2.75, 3.05) is 19.8 Å². The van der Waals surface area contributed by atoms with Gasteiger partial charge in [-0.3, -0.25) is 9.59 Å². The first-order valence-corrected chi connectivity index (χ1v) is 6.25. The Morgan fingerprint density at radius 3 is 2.16 bits per heavy atom. The van der Waals surface area contributed by atoms with Gasteiger partial charge in [0.1, 0.15) is 6.61 Å². The van der Waals surface area contributed by atoms with Crippen molar-refractivity contribution >= 4 is 17.9 Å². The molecule has 1 rings (SSSR count). The number of carbonyl (C=O) groups is 3. The molecular formula is C13H18O6. The van der Waals surface area contributed by atoms with Crippen LogP contribution in [0.4, 0.5) is 0 Å². The van der Waals surface area contributed by atoms with Crippen LogP contribution < -0.4 is 0 Å². The van der Waals surface area contributed by atoms with Gasteiger partial charge in [-0.2, -0.15) is 0 Å². The van der Waals surface area contributed by atoms with Crippen molar-refractivity contribution in [3.05, 3.63) is 11.6 Å². The molecule has 0 aromatic carbocycles. The predicted octanol–water partition coefficient (Wildman–Crippen LogP) is 0.992. The third kappa shape index (κ3) is 2.94. The molecule has 0 atom stereocenters. The molecule has 0 N–H and O–H groups in total. The number of hydrogen-bond acceptors (Lipinski definition) is 6. The summed E-state index contributed by atoms with van der Waals surface area (Å²) in [6, 6.07) is 0. The minimum Gasteiger partial charge on any atom is -0.465 e. The van der Waals surface area contributed by atoms with Gasteiger partial charge in [-0.15, -0.1) is 0 Å². The van der Waals surface area contributed by atoms with E-state index in [1.807, 2.05) is 0 Å². The Bertz CT molecular complexity index is 391. The zero-order chi connectivity index (χ0) is 14.5. The molecule has 106 valence electrons. The summed E-state index contributed by atoms with van der Waals surface area (Å²) in [7, 11) is 0. The van der Waals surface area contributed by atoms with Gasteiger partial charge in [-0.05, 0) is 26.3 Å². The van der Waals surface area contributed by atoms with Crippen molar-refractivity contribution in [1.29, 1.82) is 0 Å². The van der Waals surface area contributed by atoms with Gasteiger partial charge in [0.2, 0.25) is 5.41 Å². The van der Waals surface area contributed by atoms with E-state index < -0.39 is 23.3 Å². The maximum absolute atomic E-state index is 12.0. The van der Waals surface area contributed by atoms with Crippen LogP contribution in [0.15, 0.2) is 11.6 Å². The summed E-state index contributed by atoms with van der Waals surface area (Å²) in [5.41, 5.74) is -1.40. The lowest BCUT2D eigenvalue weighted by atomic mass is 9.84. The van der Waals surface area contributed by atoms with Crippen molar-refractivity contribution in [2.45, 2.75) is 27.2 Å². The Balaban J connectivity index is 3.20. The zero-order valence-corrected chi connectivity index (χ0v) is 11.4. The summed E-state index contributed by atoms with van der Waals surface area (Å²) < 4.78 is 14.7. The second kappa shape index (κ2) is 6.36. The Hall–Kier alpha value is -1.85. The van der Waals surface area contributed by atoms with Crippen LogP contribution in [0.2, 0.25) is 0 Å². The third-order valence-electron chi connectivity index (χ3n) is 2.77. The molecule has 1 heterocycles. The first kappa shape index (κ1) is 15.2. The first-order valence-electron chi connectivity index (χ1n) is 6.25. The summed E-state index contributed by atoms with van der Waals surface area (Å²) in [5, 5.41) is 0. The lowest BCUT2D eigenvalue weighted by molar-refractivity contribution is -0.174. The normalized spacial score (nSPS) is 17.2. The quantitative estimate of drug-likeness (QED) is 0.421. The van der Waals surface area contributed by atoms with E-state index >= 15 is 0 Å². The maximum Gasteiger partial charge on any atom is 0.333 e. The Kier molecular flexibility index (Phi) is 5.09. The average Bonchev–Trinajstić information content (AvgIpc) is 2.40. The summed E-state index contributed by atoms with van der Waals surface area (Å²) in [6.45, 7) is 4.88. The molecule has 0 saturated heterocycles. The first-order chi connectivity index (χ1) is 9.01. The van der Waals surface area contributed by atoms with Crippen LogP contribution in [0, 0.1) is 5.41 Å². The van der Waals surface area contributed by atoms with E-state index in [1.165, 1.54) is 6.08 Å². The smallest absolute Gasteiger partial charge is 0.333 e. The van der Waals surface area contributed by atoms with Crippen molar-refractivity contribution < 1.29 is 28.6 Å². The highest BCUT2D eigenvalue weighted by Crippen LogP contribution is 2.31. The highest BCUT2D eigenvalue weighted by atomic mass is 16.6.